The van der Waals surface area contributed by atoms with Gasteiger partial charge >= 0.3 is 12.1 Å². The predicted octanol–water partition coefficient (Wildman–Crippen LogP) is 2.34. The van der Waals surface area contributed by atoms with Gasteiger partial charge in [-0.25, -0.2) is 14.8 Å². The molecule has 0 aliphatic heterocycles. The van der Waals surface area contributed by atoms with Crippen molar-refractivity contribution in [2.24, 2.45) is 11.1 Å². The summed E-state index contributed by atoms with van der Waals surface area (Å²) in [5.74, 6) is -0.642. The number of hydrogen-bond acceptors (Lipinski definition) is 4. The number of benzene rings is 1. The molecule has 2 aromatic rings. The number of carbonyl (C=O) groups is 1. The van der Waals surface area contributed by atoms with Crippen LogP contribution in [0.25, 0.3) is 11.1 Å². The second kappa shape index (κ2) is 8.56. The number of allylic oxidation sites excluding steroid dienone is 1. The first-order chi connectivity index (χ1) is 13.8. The molecule has 0 aliphatic carbocycles. The highest BCUT2D eigenvalue weighted by Gasteiger charge is 2.34. The molecular weight excluding hydrogens is 397 g/mol. The summed E-state index contributed by atoms with van der Waals surface area (Å²) < 4.78 is 39.8. The zero-order valence-electron chi connectivity index (χ0n) is 16.8. The maximum atomic E-state index is 13.3. The van der Waals surface area contributed by atoms with Crippen LogP contribution in [-0.2, 0) is 17.4 Å². The van der Waals surface area contributed by atoms with Gasteiger partial charge in [-0.2, -0.15) is 13.2 Å². The maximum absolute atomic E-state index is 13.3. The Labute approximate surface area is 172 Å². The third-order valence-electron chi connectivity index (χ3n) is 4.20. The van der Waals surface area contributed by atoms with Gasteiger partial charge in [0.1, 0.15) is 11.6 Å². The maximum Gasteiger partial charge on any atom is 0.417 e. The number of hydrogen-bond donors (Lipinski definition) is 4. The number of rotatable bonds is 4. The molecule has 0 unspecified atom stereocenters. The minimum Gasteiger partial charge on any atom is -0.511 e. The average Bonchev–Trinajstić information content (AvgIpc) is 2.60. The number of halogens is 3. The Kier molecular flexibility index (Phi) is 6.54. The summed E-state index contributed by atoms with van der Waals surface area (Å²) in [5, 5.41) is 9.91. The number of amidine groups is 1. The molecule has 0 atom stereocenters. The molecule has 0 aliphatic rings. The molecule has 1 amide bonds. The van der Waals surface area contributed by atoms with Crippen molar-refractivity contribution < 1.29 is 28.1 Å². The zero-order valence-corrected chi connectivity index (χ0v) is 16.8. The highest BCUT2D eigenvalue weighted by molar-refractivity contribution is 5.90. The Morgan fingerprint density at radius 1 is 1.20 bits per heavy atom. The summed E-state index contributed by atoms with van der Waals surface area (Å²) in [5.41, 5.74) is 10.5. The lowest BCUT2D eigenvalue weighted by Gasteiger charge is -2.16. The summed E-state index contributed by atoms with van der Waals surface area (Å²) in [6, 6.07) is 6.83. The van der Waals surface area contributed by atoms with Gasteiger partial charge in [-0.3, -0.25) is 5.73 Å². The number of amides is 1. The Hall–Kier alpha value is -3.36. The molecule has 30 heavy (non-hydrogen) atoms. The van der Waals surface area contributed by atoms with E-state index in [0.717, 1.165) is 12.3 Å². The van der Waals surface area contributed by atoms with E-state index >= 15 is 0 Å². The lowest BCUT2D eigenvalue weighted by Crippen LogP contribution is -2.79. The number of nitrogens with two attached hydrogens (primary N) is 2. The van der Waals surface area contributed by atoms with Gasteiger partial charge in [0.05, 0.1) is 18.1 Å². The van der Waals surface area contributed by atoms with Crippen LogP contribution in [0.1, 0.15) is 31.9 Å². The zero-order chi connectivity index (χ0) is 22.7. The fraction of sp³-hybridized carbons (Fsp3) is 0.286. The molecule has 6 nitrogen and oxygen atoms in total. The fourth-order valence-electron chi connectivity index (χ4n) is 2.53. The number of nitrogens with zero attached hydrogens (tertiary/aromatic N) is 1. The largest absolute Gasteiger partial charge is 0.511 e. The summed E-state index contributed by atoms with van der Waals surface area (Å²) >= 11 is 0. The van der Waals surface area contributed by atoms with Crippen molar-refractivity contribution in [3.05, 3.63) is 59.5 Å². The van der Waals surface area contributed by atoms with Gasteiger partial charge in [0.25, 0.3) is 5.84 Å². The number of aromatic nitrogens is 1. The molecule has 1 aromatic heterocycles. The van der Waals surface area contributed by atoms with E-state index in [1.807, 2.05) is 0 Å². The molecule has 0 fully saturated rings. The number of anilines is 1. The third-order valence-corrected chi connectivity index (χ3v) is 4.20. The quantitative estimate of drug-likeness (QED) is 0.344. The smallest absolute Gasteiger partial charge is 0.417 e. The number of pyridine rings is 1. The SMILES string of the molecule is CC(C)(C)/C(O)=C/C(N)=[NH+]C(=O)Cc1ccc(-c2cnc(N)cc2C(F)(F)F)cc1. The standard InChI is InChI=1S/C21H23F3N4O2/c1-20(2,3)16(29)10-18(26)28-19(30)8-12-4-6-13(7-5-12)14-11-27-17(25)9-15(14)21(22,23)24/h4-7,9-11,29H,8H2,1-3H3,(H2,25,27)(H2,26,28,30)/p+1/b16-10-. The molecule has 0 radical (unpaired) electrons. The van der Waals surface area contributed by atoms with Crippen LogP contribution in [0.2, 0.25) is 0 Å². The van der Waals surface area contributed by atoms with Gasteiger partial charge in [0, 0.05) is 17.2 Å². The van der Waals surface area contributed by atoms with E-state index in [9.17, 15) is 23.1 Å². The van der Waals surface area contributed by atoms with Crippen LogP contribution in [0.3, 0.4) is 0 Å². The Morgan fingerprint density at radius 2 is 1.80 bits per heavy atom. The van der Waals surface area contributed by atoms with Crippen molar-refractivity contribution in [3.8, 4) is 11.1 Å². The molecule has 0 saturated carbocycles. The van der Waals surface area contributed by atoms with E-state index in [-0.39, 0.29) is 29.4 Å². The number of alkyl halides is 3. The summed E-state index contributed by atoms with van der Waals surface area (Å²) in [6.07, 6.45) is -2.28. The summed E-state index contributed by atoms with van der Waals surface area (Å²) in [6.45, 7) is 5.36. The molecule has 6 N–H and O–H groups in total. The normalized spacial score (nSPS) is 13.4. The first-order valence-corrected chi connectivity index (χ1v) is 9.03. The number of nitrogen functional groups attached to an aromatic ring is 1. The van der Waals surface area contributed by atoms with Crippen LogP contribution in [-0.4, -0.2) is 21.8 Å². The van der Waals surface area contributed by atoms with Gasteiger partial charge in [-0.05, 0) is 17.2 Å². The Morgan fingerprint density at radius 3 is 2.33 bits per heavy atom. The average molecular weight is 421 g/mol. The molecule has 1 aromatic carbocycles. The minimum absolute atomic E-state index is 0.00758. The highest BCUT2D eigenvalue weighted by Crippen LogP contribution is 2.37. The molecule has 0 spiro atoms. The number of aliphatic hydroxyl groups is 1. The van der Waals surface area contributed by atoms with Gasteiger partial charge in [0.15, 0.2) is 0 Å². The molecule has 9 heteroatoms. The van der Waals surface area contributed by atoms with Crippen LogP contribution >= 0.6 is 0 Å². The van der Waals surface area contributed by atoms with Crippen LogP contribution in [0.5, 0.6) is 0 Å². The van der Waals surface area contributed by atoms with Crippen molar-refractivity contribution >= 4 is 17.6 Å². The fourth-order valence-corrected chi connectivity index (χ4v) is 2.53. The lowest BCUT2D eigenvalue weighted by molar-refractivity contribution is -0.377. The topological polar surface area (TPSA) is 116 Å². The molecule has 2 rings (SSSR count). The molecule has 0 bridgehead atoms. The van der Waals surface area contributed by atoms with Crippen molar-refractivity contribution in [1.82, 2.24) is 4.98 Å². The third kappa shape index (κ3) is 6.07. The summed E-state index contributed by atoms with van der Waals surface area (Å²) in [7, 11) is 0. The van der Waals surface area contributed by atoms with Crippen LogP contribution < -0.4 is 16.5 Å². The van der Waals surface area contributed by atoms with E-state index < -0.39 is 23.1 Å². The lowest BCUT2D eigenvalue weighted by atomic mass is 9.93. The van der Waals surface area contributed by atoms with Crippen molar-refractivity contribution in [2.75, 3.05) is 5.73 Å². The van der Waals surface area contributed by atoms with E-state index in [0.29, 0.717) is 11.1 Å². The van der Waals surface area contributed by atoms with Crippen LogP contribution in [0.15, 0.2) is 48.4 Å². The Bertz CT molecular complexity index is 989. The minimum atomic E-state index is -4.58. The Balaban J connectivity index is 2.20. The van der Waals surface area contributed by atoms with Gasteiger partial charge in [0.2, 0.25) is 0 Å². The second-order valence-electron chi connectivity index (χ2n) is 7.81. The van der Waals surface area contributed by atoms with Crippen molar-refractivity contribution in [1.29, 1.82) is 0 Å². The monoisotopic (exact) mass is 421 g/mol. The first-order valence-electron chi connectivity index (χ1n) is 9.03. The van der Waals surface area contributed by atoms with E-state index in [2.05, 4.69) is 9.98 Å². The van der Waals surface area contributed by atoms with E-state index in [4.69, 9.17) is 11.5 Å². The number of aliphatic hydroxyl groups excluding tert-OH is 1. The van der Waals surface area contributed by atoms with Crippen LogP contribution in [0.4, 0.5) is 19.0 Å². The second-order valence-corrected chi connectivity index (χ2v) is 7.81. The van der Waals surface area contributed by atoms with Gasteiger partial charge in [-0.15, -0.1) is 0 Å². The first kappa shape index (κ1) is 22.9. The van der Waals surface area contributed by atoms with Gasteiger partial charge in [-0.1, -0.05) is 45.0 Å². The number of nitrogens with one attached hydrogen (secondary N) is 1. The van der Waals surface area contributed by atoms with Crippen LogP contribution in [0, 0.1) is 5.41 Å². The molecule has 0 saturated heterocycles. The summed E-state index contributed by atoms with van der Waals surface area (Å²) in [4.78, 5) is 18.3. The predicted molar refractivity (Wildman–Crippen MR) is 108 cm³/mol. The van der Waals surface area contributed by atoms with E-state index in [1.165, 1.54) is 18.2 Å². The van der Waals surface area contributed by atoms with Gasteiger partial charge < -0.3 is 10.8 Å². The van der Waals surface area contributed by atoms with E-state index in [1.54, 1.807) is 32.9 Å². The molecular formula is C21H24F3N4O2+. The molecule has 160 valence electrons. The van der Waals surface area contributed by atoms with Crippen molar-refractivity contribution in [3.63, 3.8) is 0 Å². The molecule has 1 heterocycles. The van der Waals surface area contributed by atoms with Crippen molar-refractivity contribution in [2.45, 2.75) is 33.4 Å². The highest BCUT2D eigenvalue weighted by atomic mass is 19.4. The number of carbonyl (C=O) groups excluding carboxylic acids is 1.